The number of pyridine rings is 1. The van der Waals surface area contributed by atoms with Crippen LogP contribution >= 0.6 is 0 Å². The highest BCUT2D eigenvalue weighted by atomic mass is 16.1. The maximum atomic E-state index is 12.6. The molecule has 0 unspecified atom stereocenters. The molecule has 3 heteroatoms. The Labute approximate surface area is 103 Å². The molecule has 0 aliphatic carbocycles. The first kappa shape index (κ1) is 12.2. The molecule has 1 fully saturated rings. The van der Waals surface area contributed by atoms with Crippen molar-refractivity contribution in [2.45, 2.75) is 39.2 Å². The van der Waals surface area contributed by atoms with E-state index in [1.165, 1.54) is 12.8 Å². The predicted octanol–water partition coefficient (Wildman–Crippen LogP) is 2.45. The minimum atomic E-state index is -0.412. The molecule has 0 saturated carbocycles. The van der Waals surface area contributed by atoms with Gasteiger partial charge in [0.2, 0.25) is 0 Å². The smallest absolute Gasteiger partial charge is 0.184 e. The Morgan fingerprint density at radius 2 is 2.00 bits per heavy atom. The number of nitrogens with zero attached hydrogens (tertiary/aromatic N) is 2. The van der Waals surface area contributed by atoms with Gasteiger partial charge >= 0.3 is 0 Å². The van der Waals surface area contributed by atoms with Crippen molar-refractivity contribution in [1.29, 1.82) is 0 Å². The zero-order chi connectivity index (χ0) is 12.5. The second-order valence-corrected chi connectivity index (χ2v) is 5.27. The van der Waals surface area contributed by atoms with Gasteiger partial charge in [-0.1, -0.05) is 0 Å². The second-order valence-electron chi connectivity index (χ2n) is 5.27. The van der Waals surface area contributed by atoms with Crippen LogP contribution in [0.4, 0.5) is 0 Å². The van der Waals surface area contributed by atoms with Gasteiger partial charge in [0.05, 0.1) is 5.54 Å². The van der Waals surface area contributed by atoms with Gasteiger partial charge < -0.3 is 0 Å². The average molecular weight is 232 g/mol. The van der Waals surface area contributed by atoms with E-state index < -0.39 is 5.54 Å². The Morgan fingerprint density at radius 1 is 1.35 bits per heavy atom. The van der Waals surface area contributed by atoms with Crippen LogP contribution in [0.5, 0.6) is 0 Å². The third-order valence-electron chi connectivity index (χ3n) is 3.74. The van der Waals surface area contributed by atoms with Crippen LogP contribution in [0.25, 0.3) is 0 Å². The number of Topliss-reactive ketones (excluding diaryl/α,β-unsaturated/α-hetero) is 1. The van der Waals surface area contributed by atoms with E-state index in [4.69, 9.17) is 0 Å². The summed E-state index contributed by atoms with van der Waals surface area (Å²) in [6.45, 7) is 8.06. The second kappa shape index (κ2) is 4.57. The lowest BCUT2D eigenvalue weighted by molar-refractivity contribution is 0.0701. The molecule has 0 N–H and O–H groups in total. The van der Waals surface area contributed by atoms with E-state index in [0.29, 0.717) is 0 Å². The van der Waals surface area contributed by atoms with E-state index in [1.807, 2.05) is 26.8 Å². The molecule has 0 amide bonds. The lowest BCUT2D eigenvalue weighted by atomic mass is 9.90. The van der Waals surface area contributed by atoms with Crippen LogP contribution in [0.15, 0.2) is 18.5 Å². The predicted molar refractivity (Wildman–Crippen MR) is 68.2 cm³/mol. The first-order valence-corrected chi connectivity index (χ1v) is 6.24. The third-order valence-corrected chi connectivity index (χ3v) is 3.74. The summed E-state index contributed by atoms with van der Waals surface area (Å²) in [5.41, 5.74) is 1.35. The zero-order valence-corrected chi connectivity index (χ0v) is 10.9. The zero-order valence-electron chi connectivity index (χ0n) is 10.9. The van der Waals surface area contributed by atoms with Crippen molar-refractivity contribution < 1.29 is 4.79 Å². The topological polar surface area (TPSA) is 33.2 Å². The molecule has 1 aromatic rings. The van der Waals surface area contributed by atoms with E-state index in [1.54, 1.807) is 12.4 Å². The minimum absolute atomic E-state index is 0.185. The van der Waals surface area contributed by atoms with Gasteiger partial charge in [-0.25, -0.2) is 0 Å². The summed E-state index contributed by atoms with van der Waals surface area (Å²) in [5, 5.41) is 0. The molecule has 0 bridgehead atoms. The molecule has 2 rings (SSSR count). The number of rotatable bonds is 3. The van der Waals surface area contributed by atoms with Gasteiger partial charge in [0, 0.05) is 18.0 Å². The highest BCUT2D eigenvalue weighted by Gasteiger charge is 2.36. The standard InChI is InChI=1S/C14H20N2O/c1-11-6-7-15-10-12(11)13(17)14(2,3)16-8-4-5-9-16/h6-7,10H,4-5,8-9H2,1-3H3. The fourth-order valence-electron chi connectivity index (χ4n) is 2.45. The van der Waals surface area contributed by atoms with Crippen molar-refractivity contribution in [3.8, 4) is 0 Å². The molecule has 2 heterocycles. The molecule has 1 aliphatic rings. The van der Waals surface area contributed by atoms with Crippen LogP contribution in [-0.2, 0) is 0 Å². The third kappa shape index (κ3) is 2.25. The Hall–Kier alpha value is -1.22. The molecule has 0 spiro atoms. The van der Waals surface area contributed by atoms with Crippen molar-refractivity contribution in [2.24, 2.45) is 0 Å². The molecular formula is C14H20N2O. The van der Waals surface area contributed by atoms with Gasteiger partial charge in [-0.15, -0.1) is 0 Å². The lowest BCUT2D eigenvalue weighted by Gasteiger charge is -2.34. The van der Waals surface area contributed by atoms with Crippen LogP contribution in [0.2, 0.25) is 0 Å². The van der Waals surface area contributed by atoms with E-state index in [9.17, 15) is 4.79 Å². The summed E-state index contributed by atoms with van der Waals surface area (Å²) in [6.07, 6.45) is 5.82. The fraction of sp³-hybridized carbons (Fsp3) is 0.571. The van der Waals surface area contributed by atoms with E-state index >= 15 is 0 Å². The highest BCUT2D eigenvalue weighted by molar-refractivity contribution is 6.03. The molecule has 1 saturated heterocycles. The Morgan fingerprint density at radius 3 is 2.59 bits per heavy atom. The molecule has 17 heavy (non-hydrogen) atoms. The highest BCUT2D eigenvalue weighted by Crippen LogP contribution is 2.25. The van der Waals surface area contributed by atoms with Crippen molar-refractivity contribution in [2.75, 3.05) is 13.1 Å². The Kier molecular flexibility index (Phi) is 3.29. The van der Waals surface area contributed by atoms with E-state index in [-0.39, 0.29) is 5.78 Å². The quantitative estimate of drug-likeness (QED) is 0.750. The Balaban J connectivity index is 2.27. The van der Waals surface area contributed by atoms with Crippen LogP contribution in [-0.4, -0.2) is 34.3 Å². The van der Waals surface area contributed by atoms with Gasteiger partial charge in [0.1, 0.15) is 0 Å². The average Bonchev–Trinajstić information content (AvgIpc) is 2.83. The van der Waals surface area contributed by atoms with Gasteiger partial charge in [0.15, 0.2) is 5.78 Å². The number of carbonyl (C=O) groups is 1. The van der Waals surface area contributed by atoms with Crippen LogP contribution < -0.4 is 0 Å². The number of likely N-dealkylation sites (tertiary alicyclic amines) is 1. The summed E-state index contributed by atoms with van der Waals surface area (Å²) < 4.78 is 0. The van der Waals surface area contributed by atoms with Gasteiger partial charge in [-0.3, -0.25) is 14.7 Å². The summed E-state index contributed by atoms with van der Waals surface area (Å²) in [5.74, 6) is 0.185. The molecule has 1 aliphatic heterocycles. The lowest BCUT2D eigenvalue weighted by Crippen LogP contribution is -2.48. The number of hydrogen-bond acceptors (Lipinski definition) is 3. The maximum absolute atomic E-state index is 12.6. The normalized spacial score (nSPS) is 17.4. The molecule has 3 nitrogen and oxygen atoms in total. The minimum Gasteiger partial charge on any atom is -0.292 e. The van der Waals surface area contributed by atoms with Crippen LogP contribution in [0.3, 0.4) is 0 Å². The van der Waals surface area contributed by atoms with E-state index in [0.717, 1.165) is 24.2 Å². The first-order valence-electron chi connectivity index (χ1n) is 6.24. The molecule has 0 aromatic carbocycles. The van der Waals surface area contributed by atoms with Crippen molar-refractivity contribution in [3.63, 3.8) is 0 Å². The summed E-state index contributed by atoms with van der Waals surface area (Å²) in [4.78, 5) is 18.9. The number of hydrogen-bond donors (Lipinski definition) is 0. The number of aryl methyl sites for hydroxylation is 1. The van der Waals surface area contributed by atoms with Crippen molar-refractivity contribution in [3.05, 3.63) is 29.6 Å². The van der Waals surface area contributed by atoms with E-state index in [2.05, 4.69) is 9.88 Å². The van der Waals surface area contributed by atoms with Crippen molar-refractivity contribution in [1.82, 2.24) is 9.88 Å². The summed E-state index contributed by atoms with van der Waals surface area (Å²) >= 11 is 0. The van der Waals surface area contributed by atoms with Crippen LogP contribution in [0.1, 0.15) is 42.6 Å². The summed E-state index contributed by atoms with van der Waals surface area (Å²) in [7, 11) is 0. The fourth-order valence-corrected chi connectivity index (χ4v) is 2.45. The number of carbonyl (C=O) groups excluding carboxylic acids is 1. The van der Waals surface area contributed by atoms with Crippen LogP contribution in [0, 0.1) is 6.92 Å². The first-order chi connectivity index (χ1) is 8.03. The monoisotopic (exact) mass is 232 g/mol. The van der Waals surface area contributed by atoms with Gasteiger partial charge in [0.25, 0.3) is 0 Å². The van der Waals surface area contributed by atoms with Gasteiger partial charge in [-0.05, 0) is 58.3 Å². The molecule has 92 valence electrons. The molecule has 1 aromatic heterocycles. The molecule has 0 atom stereocenters. The van der Waals surface area contributed by atoms with Gasteiger partial charge in [-0.2, -0.15) is 0 Å². The number of ketones is 1. The largest absolute Gasteiger partial charge is 0.292 e. The SMILES string of the molecule is Cc1ccncc1C(=O)C(C)(C)N1CCCC1. The molecule has 0 radical (unpaired) electrons. The summed E-state index contributed by atoms with van der Waals surface area (Å²) in [6, 6.07) is 1.90. The molecular weight excluding hydrogens is 212 g/mol. The van der Waals surface area contributed by atoms with Crippen molar-refractivity contribution >= 4 is 5.78 Å². The maximum Gasteiger partial charge on any atom is 0.184 e. The number of aromatic nitrogens is 1. The Bertz CT molecular complexity index is 420.